The second-order valence-electron chi connectivity index (χ2n) is 3.51. The Morgan fingerprint density at radius 1 is 1.00 bits per heavy atom. The van der Waals surface area contributed by atoms with Crippen LogP contribution in [0.2, 0.25) is 0 Å². The van der Waals surface area contributed by atoms with E-state index in [9.17, 15) is 4.79 Å². The van der Waals surface area contributed by atoms with Gasteiger partial charge < -0.3 is 9.47 Å². The van der Waals surface area contributed by atoms with Crippen LogP contribution in [0.4, 0.5) is 0 Å². The molecular formula is C14H11BrO3. The van der Waals surface area contributed by atoms with Gasteiger partial charge in [0.2, 0.25) is 0 Å². The summed E-state index contributed by atoms with van der Waals surface area (Å²) in [5, 5.41) is 0. The van der Waals surface area contributed by atoms with Crippen molar-refractivity contribution >= 4 is 21.9 Å². The molecule has 92 valence electrons. The first kappa shape index (κ1) is 12.6. The number of carbonyl (C=O) groups is 1. The van der Waals surface area contributed by atoms with Crippen LogP contribution in [0.25, 0.3) is 0 Å². The Kier molecular flexibility index (Phi) is 4.36. The maximum Gasteiger partial charge on any atom is 0.349 e. The van der Waals surface area contributed by atoms with Gasteiger partial charge in [-0.3, -0.25) is 0 Å². The molecule has 2 rings (SSSR count). The van der Waals surface area contributed by atoms with Crippen molar-refractivity contribution in [3.8, 4) is 11.5 Å². The molecule has 0 saturated heterocycles. The smallest absolute Gasteiger partial charge is 0.349 e. The molecule has 3 nitrogen and oxygen atoms in total. The van der Waals surface area contributed by atoms with Gasteiger partial charge >= 0.3 is 5.97 Å². The highest BCUT2D eigenvalue weighted by Crippen LogP contribution is 2.23. The lowest BCUT2D eigenvalue weighted by Crippen LogP contribution is -2.17. The molecule has 0 spiro atoms. The summed E-state index contributed by atoms with van der Waals surface area (Å²) >= 11 is 3.34. The number of rotatable bonds is 4. The van der Waals surface area contributed by atoms with Crippen LogP contribution >= 0.6 is 15.9 Å². The summed E-state index contributed by atoms with van der Waals surface area (Å²) in [5.41, 5.74) is 0. The molecule has 0 radical (unpaired) electrons. The molecule has 0 bridgehead atoms. The topological polar surface area (TPSA) is 35.5 Å². The Morgan fingerprint density at radius 2 is 1.67 bits per heavy atom. The Bertz CT molecular complexity index is 526. The summed E-state index contributed by atoms with van der Waals surface area (Å²) in [5.74, 6) is 0.692. The molecular weight excluding hydrogens is 296 g/mol. The van der Waals surface area contributed by atoms with Crippen molar-refractivity contribution < 1.29 is 14.3 Å². The fourth-order valence-electron chi connectivity index (χ4n) is 1.35. The van der Waals surface area contributed by atoms with Crippen molar-refractivity contribution in [2.45, 2.75) is 0 Å². The third kappa shape index (κ3) is 3.60. The molecule has 0 N–H and O–H groups in total. The van der Waals surface area contributed by atoms with Crippen molar-refractivity contribution in [3.05, 3.63) is 59.1 Å². The number of para-hydroxylation sites is 2. The van der Waals surface area contributed by atoms with Crippen LogP contribution in [0.5, 0.6) is 11.5 Å². The molecule has 0 saturated carbocycles. The minimum atomic E-state index is -0.433. The van der Waals surface area contributed by atoms with Crippen LogP contribution in [0.15, 0.2) is 59.1 Å². The molecule has 2 aromatic rings. The lowest BCUT2D eigenvalue weighted by molar-refractivity contribution is -0.136. The Balaban J connectivity index is 1.88. The van der Waals surface area contributed by atoms with Crippen molar-refractivity contribution in [2.75, 3.05) is 6.61 Å². The first-order chi connectivity index (χ1) is 8.75. The summed E-state index contributed by atoms with van der Waals surface area (Å²) < 4.78 is 11.2. The third-order valence-electron chi connectivity index (χ3n) is 2.16. The fourth-order valence-corrected chi connectivity index (χ4v) is 1.75. The Labute approximate surface area is 113 Å². The minimum Gasteiger partial charge on any atom is -0.481 e. The second kappa shape index (κ2) is 6.21. The van der Waals surface area contributed by atoms with Crippen LogP contribution in [0, 0.1) is 0 Å². The van der Waals surface area contributed by atoms with Gasteiger partial charge in [-0.15, -0.1) is 0 Å². The quantitative estimate of drug-likeness (QED) is 0.641. The number of esters is 1. The highest BCUT2D eigenvalue weighted by Gasteiger charge is 2.07. The molecule has 18 heavy (non-hydrogen) atoms. The Hall–Kier alpha value is -1.81. The molecule has 2 aromatic carbocycles. The maximum absolute atomic E-state index is 11.5. The molecule has 0 fully saturated rings. The van der Waals surface area contributed by atoms with Crippen LogP contribution in [-0.2, 0) is 4.79 Å². The van der Waals surface area contributed by atoms with E-state index >= 15 is 0 Å². The number of hydrogen-bond donors (Lipinski definition) is 0. The predicted molar refractivity (Wildman–Crippen MR) is 71.7 cm³/mol. The molecule has 0 aliphatic carbocycles. The van der Waals surface area contributed by atoms with Crippen LogP contribution < -0.4 is 9.47 Å². The van der Waals surface area contributed by atoms with Crippen molar-refractivity contribution in [1.82, 2.24) is 0 Å². The first-order valence-electron chi connectivity index (χ1n) is 5.39. The number of halogens is 1. The van der Waals surface area contributed by atoms with Crippen LogP contribution in [0.1, 0.15) is 0 Å². The molecule has 0 atom stereocenters. The van der Waals surface area contributed by atoms with Gasteiger partial charge in [0.1, 0.15) is 11.5 Å². The SMILES string of the molecule is O=C(COc1ccccc1Br)Oc1ccccc1. The monoisotopic (exact) mass is 306 g/mol. The van der Waals surface area contributed by atoms with Crippen molar-refractivity contribution in [2.24, 2.45) is 0 Å². The molecule has 4 heteroatoms. The number of ether oxygens (including phenoxy) is 2. The summed E-state index contributed by atoms with van der Waals surface area (Å²) in [7, 11) is 0. The van der Waals surface area contributed by atoms with Gasteiger partial charge in [-0.25, -0.2) is 4.79 Å². The zero-order valence-corrected chi connectivity index (χ0v) is 11.1. The van der Waals surface area contributed by atoms with Crippen LogP contribution in [-0.4, -0.2) is 12.6 Å². The van der Waals surface area contributed by atoms with Gasteiger partial charge in [0.15, 0.2) is 6.61 Å². The highest BCUT2D eigenvalue weighted by molar-refractivity contribution is 9.10. The van der Waals surface area contributed by atoms with Crippen molar-refractivity contribution in [3.63, 3.8) is 0 Å². The molecule has 0 heterocycles. The molecule has 0 aromatic heterocycles. The van der Waals surface area contributed by atoms with E-state index in [-0.39, 0.29) is 6.61 Å². The number of benzene rings is 2. The zero-order valence-electron chi connectivity index (χ0n) is 9.51. The van der Waals surface area contributed by atoms with E-state index in [0.29, 0.717) is 11.5 Å². The van der Waals surface area contributed by atoms with E-state index in [1.54, 1.807) is 30.3 Å². The lowest BCUT2D eigenvalue weighted by atomic mass is 10.3. The van der Waals surface area contributed by atoms with Gasteiger partial charge in [0.05, 0.1) is 4.47 Å². The van der Waals surface area contributed by atoms with E-state index in [0.717, 1.165) is 4.47 Å². The van der Waals surface area contributed by atoms with Gasteiger partial charge in [-0.2, -0.15) is 0 Å². The van der Waals surface area contributed by atoms with E-state index in [1.807, 2.05) is 24.3 Å². The summed E-state index contributed by atoms with van der Waals surface area (Å²) in [6.45, 7) is -0.127. The maximum atomic E-state index is 11.5. The molecule has 0 aliphatic heterocycles. The van der Waals surface area contributed by atoms with E-state index < -0.39 is 5.97 Å². The highest BCUT2D eigenvalue weighted by atomic mass is 79.9. The molecule has 0 aliphatic rings. The van der Waals surface area contributed by atoms with Crippen LogP contribution in [0.3, 0.4) is 0 Å². The van der Waals surface area contributed by atoms with E-state index in [4.69, 9.17) is 9.47 Å². The van der Waals surface area contributed by atoms with Crippen molar-refractivity contribution in [1.29, 1.82) is 0 Å². The lowest BCUT2D eigenvalue weighted by Gasteiger charge is -2.07. The fraction of sp³-hybridized carbons (Fsp3) is 0.0714. The van der Waals surface area contributed by atoms with Gasteiger partial charge in [-0.1, -0.05) is 30.3 Å². The van der Waals surface area contributed by atoms with Gasteiger partial charge in [0.25, 0.3) is 0 Å². The predicted octanol–water partition coefficient (Wildman–Crippen LogP) is 3.43. The number of carbonyl (C=O) groups excluding carboxylic acids is 1. The normalized spacial score (nSPS) is 9.83. The largest absolute Gasteiger partial charge is 0.481 e. The standard InChI is InChI=1S/C14H11BrO3/c15-12-8-4-5-9-13(12)17-10-14(16)18-11-6-2-1-3-7-11/h1-9H,10H2. The molecule has 0 unspecified atom stereocenters. The average molecular weight is 307 g/mol. The first-order valence-corrected chi connectivity index (χ1v) is 6.18. The third-order valence-corrected chi connectivity index (χ3v) is 2.81. The van der Waals surface area contributed by atoms with Gasteiger partial charge in [-0.05, 0) is 40.2 Å². The average Bonchev–Trinajstić information content (AvgIpc) is 2.39. The minimum absolute atomic E-state index is 0.127. The molecule has 0 amide bonds. The number of hydrogen-bond acceptors (Lipinski definition) is 3. The van der Waals surface area contributed by atoms with E-state index in [1.165, 1.54) is 0 Å². The Morgan fingerprint density at radius 3 is 2.39 bits per heavy atom. The van der Waals surface area contributed by atoms with E-state index in [2.05, 4.69) is 15.9 Å². The summed E-state index contributed by atoms with van der Waals surface area (Å²) in [6, 6.07) is 16.2. The second-order valence-corrected chi connectivity index (χ2v) is 4.36. The summed E-state index contributed by atoms with van der Waals surface area (Å²) in [6.07, 6.45) is 0. The zero-order chi connectivity index (χ0) is 12.8. The summed E-state index contributed by atoms with van der Waals surface area (Å²) in [4.78, 5) is 11.5. The van der Waals surface area contributed by atoms with Gasteiger partial charge in [0, 0.05) is 0 Å².